The van der Waals surface area contributed by atoms with E-state index in [0.29, 0.717) is 43.8 Å². The molecule has 0 unspecified atom stereocenters. The quantitative estimate of drug-likeness (QED) is 0.100. The molecule has 0 aliphatic heterocycles. The minimum atomic E-state index is -0.361. The normalized spacial score (nSPS) is 14.3. The molecule has 0 radical (unpaired) electrons. The van der Waals surface area contributed by atoms with Crippen molar-refractivity contribution in [3.8, 4) is 45.2 Å². The Bertz CT molecular complexity index is 2900. The van der Waals surface area contributed by atoms with E-state index in [1.54, 1.807) is 46.5 Å². The van der Waals surface area contributed by atoms with Crippen molar-refractivity contribution in [2.45, 2.75) is 76.3 Å². The van der Waals surface area contributed by atoms with Gasteiger partial charge in [0.1, 0.15) is 0 Å². The molecule has 10 rings (SSSR count). The molecule has 0 atom stereocenters. The first-order valence-electron chi connectivity index (χ1n) is 21.7. The molecule has 0 saturated heterocycles. The summed E-state index contributed by atoms with van der Waals surface area (Å²) in [6, 6.07) is 16.7. The van der Waals surface area contributed by atoms with Gasteiger partial charge in [-0.25, -0.2) is 19.9 Å². The van der Waals surface area contributed by atoms with Crippen molar-refractivity contribution in [1.29, 1.82) is 0 Å². The zero-order valence-corrected chi connectivity index (χ0v) is 37.7. The summed E-state index contributed by atoms with van der Waals surface area (Å²) >= 11 is 4.64. The van der Waals surface area contributed by atoms with Crippen molar-refractivity contribution in [1.82, 2.24) is 65.1 Å². The summed E-state index contributed by atoms with van der Waals surface area (Å²) in [4.78, 5) is 46.0. The van der Waals surface area contributed by atoms with Crippen LogP contribution in [0, 0.1) is 0 Å². The molecule has 2 aliphatic rings. The van der Waals surface area contributed by atoms with Crippen molar-refractivity contribution in [3.63, 3.8) is 0 Å². The minimum absolute atomic E-state index is 0.0652. The number of halogens is 1. The Morgan fingerprint density at radius 3 is 1.39 bits per heavy atom. The van der Waals surface area contributed by atoms with Gasteiger partial charge in [-0.05, 0) is 59.5 Å². The molecule has 6 aromatic heterocycles. The van der Waals surface area contributed by atoms with Crippen LogP contribution in [-0.2, 0) is 33.5 Å². The number of nitrogens with zero attached hydrogens (tertiary/aromatic N) is 12. The zero-order valence-electron chi connectivity index (χ0n) is 36.9. The molecule has 67 heavy (non-hydrogen) atoms. The lowest BCUT2D eigenvalue weighted by molar-refractivity contribution is -0.119. The van der Waals surface area contributed by atoms with Crippen LogP contribution in [0.1, 0.15) is 75.1 Å². The number of hydrogen-bond donors (Lipinski definition) is 4. The van der Waals surface area contributed by atoms with Gasteiger partial charge in [0.05, 0.1) is 47.4 Å². The van der Waals surface area contributed by atoms with E-state index in [0.717, 1.165) is 83.3 Å². The molecule has 0 spiro atoms. The van der Waals surface area contributed by atoms with Crippen molar-refractivity contribution in [3.05, 3.63) is 121 Å². The minimum Gasteiger partial charge on any atom is -0.368 e. The van der Waals surface area contributed by atoms with Gasteiger partial charge in [-0.1, -0.05) is 71.7 Å². The largest absolute Gasteiger partial charge is 0.368 e. The lowest BCUT2D eigenvalue weighted by Gasteiger charge is -2.39. The number of benzene rings is 2. The highest BCUT2D eigenvalue weighted by Crippen LogP contribution is 2.49. The van der Waals surface area contributed by atoms with Crippen LogP contribution in [0.15, 0.2) is 107 Å². The molecule has 2 saturated carbocycles. The summed E-state index contributed by atoms with van der Waals surface area (Å²) < 4.78 is 14.7. The molecule has 344 valence electrons. The molecule has 2 aliphatic carbocycles. The number of anilines is 2. The summed E-state index contributed by atoms with van der Waals surface area (Å²) in [6.07, 6.45) is 20.2. The zero-order chi connectivity index (χ0) is 47.0. The Kier molecular flexibility index (Phi) is 13.8. The summed E-state index contributed by atoms with van der Waals surface area (Å²) in [6.45, 7) is 5.03. The van der Waals surface area contributed by atoms with Gasteiger partial charge in [0.2, 0.25) is 23.0 Å². The van der Waals surface area contributed by atoms with Crippen LogP contribution in [0.3, 0.4) is 0 Å². The highest BCUT2D eigenvalue weighted by molar-refractivity contribution is 6.62. The fourth-order valence-corrected chi connectivity index (χ4v) is 8.02. The van der Waals surface area contributed by atoms with Crippen LogP contribution < -0.4 is 22.5 Å². The molecular formula is C46H49ClN16O4. The molecule has 1 amide bonds. The van der Waals surface area contributed by atoms with Gasteiger partial charge in [0.15, 0.2) is 11.6 Å². The molecule has 7 N–H and O–H groups in total. The fraction of sp³-hybridized carbons (Fsp3) is 0.304. The number of rotatable bonds is 13. The number of hydrogen-bond acceptors (Lipinski definition) is 17. The third kappa shape index (κ3) is 10.4. The second-order valence-corrected chi connectivity index (χ2v) is 16.8. The van der Waals surface area contributed by atoms with Crippen LogP contribution in [0.4, 0.5) is 11.9 Å². The van der Waals surface area contributed by atoms with Gasteiger partial charge in [-0.15, -0.1) is 0 Å². The standard InChI is InChI=1S/C23H24N8O2.C21H22N8O.C2H3ClO/c1-15(32)25-9-10-31-14-18(13-28-31)20-29-21(30-33-20)23(7-2-8-23)19-5-3-16(4-6-19)17-11-26-22(24)27-12-17;22-8-9-29-13-16(12-26-29)18-27-19(28-30-18)21(6-1-7-21)17-4-2-14(3-5-17)15-10-24-20(23)25-11-15;1-2(3)4/h3-6,11-14H,2,7-10H2,1H3,(H,25,32)(H2,24,26,27);2-5,10-13H,1,6-9,22H2,(H2,23,24,25);1H3. The molecule has 0 bridgehead atoms. The van der Waals surface area contributed by atoms with Crippen molar-refractivity contribution in [2.24, 2.45) is 5.73 Å². The molecule has 21 heteroatoms. The maximum atomic E-state index is 11.0. The monoisotopic (exact) mass is 924 g/mol. The van der Waals surface area contributed by atoms with Crippen LogP contribution in [-0.4, -0.2) is 84.0 Å². The van der Waals surface area contributed by atoms with Crippen LogP contribution in [0.25, 0.3) is 45.2 Å². The van der Waals surface area contributed by atoms with Gasteiger partial charge in [0, 0.05) is 75.2 Å². The second kappa shape index (κ2) is 20.2. The average Bonchev–Trinajstić information content (AvgIpc) is 4.14. The Labute approximate surface area is 389 Å². The van der Waals surface area contributed by atoms with Crippen molar-refractivity contribution < 1.29 is 18.6 Å². The highest BCUT2D eigenvalue weighted by Gasteiger charge is 2.45. The number of nitrogens with one attached hydrogen (secondary N) is 1. The third-order valence-electron chi connectivity index (χ3n) is 11.8. The number of nitrogens with two attached hydrogens (primary N) is 3. The number of carbonyl (C=O) groups is 2. The summed E-state index contributed by atoms with van der Waals surface area (Å²) in [7, 11) is 0. The Morgan fingerprint density at radius 1 is 0.627 bits per heavy atom. The number of aromatic nitrogens is 12. The summed E-state index contributed by atoms with van der Waals surface area (Å²) in [5, 5.41) is 19.7. The maximum Gasteiger partial charge on any atom is 0.261 e. The van der Waals surface area contributed by atoms with E-state index in [4.69, 9.17) is 36.2 Å². The summed E-state index contributed by atoms with van der Waals surface area (Å²) in [5.41, 5.74) is 24.1. The molecule has 8 aromatic rings. The third-order valence-corrected chi connectivity index (χ3v) is 11.8. The van der Waals surface area contributed by atoms with Gasteiger partial charge < -0.3 is 31.6 Å². The van der Waals surface area contributed by atoms with Crippen LogP contribution in [0.2, 0.25) is 0 Å². The average molecular weight is 925 g/mol. The fourth-order valence-electron chi connectivity index (χ4n) is 8.02. The first-order valence-corrected chi connectivity index (χ1v) is 22.0. The van der Waals surface area contributed by atoms with Gasteiger partial charge in [0.25, 0.3) is 11.8 Å². The Hall–Kier alpha value is -7.71. The molecular weight excluding hydrogens is 876 g/mol. The predicted octanol–water partition coefficient (Wildman–Crippen LogP) is 5.75. The lowest BCUT2D eigenvalue weighted by atomic mass is 9.64. The molecule has 20 nitrogen and oxygen atoms in total. The van der Waals surface area contributed by atoms with Crippen molar-refractivity contribution in [2.75, 3.05) is 24.6 Å². The van der Waals surface area contributed by atoms with Crippen LogP contribution in [0.5, 0.6) is 0 Å². The maximum absolute atomic E-state index is 11.0. The van der Waals surface area contributed by atoms with E-state index < -0.39 is 0 Å². The van der Waals surface area contributed by atoms with Crippen molar-refractivity contribution >= 4 is 34.6 Å². The first-order chi connectivity index (χ1) is 32.4. The van der Waals surface area contributed by atoms with E-state index in [2.05, 4.69) is 106 Å². The van der Waals surface area contributed by atoms with Crippen LogP contribution >= 0.6 is 11.6 Å². The van der Waals surface area contributed by atoms with E-state index in [9.17, 15) is 9.59 Å². The Balaban J connectivity index is 0.000000169. The smallest absolute Gasteiger partial charge is 0.261 e. The van der Waals surface area contributed by atoms with E-state index in [1.807, 2.05) is 12.4 Å². The van der Waals surface area contributed by atoms with Gasteiger partial charge in [-0.2, -0.15) is 20.2 Å². The number of carbonyl (C=O) groups excluding carboxylic acids is 2. The number of amides is 1. The van der Waals surface area contributed by atoms with Gasteiger partial charge >= 0.3 is 0 Å². The molecule has 6 heterocycles. The first kappa shape index (κ1) is 45.8. The predicted molar refractivity (Wildman–Crippen MR) is 248 cm³/mol. The van der Waals surface area contributed by atoms with Gasteiger partial charge in [-0.3, -0.25) is 19.0 Å². The summed E-state index contributed by atoms with van der Waals surface area (Å²) in [5.74, 6) is 2.80. The lowest BCUT2D eigenvalue weighted by Crippen LogP contribution is -2.36. The molecule has 2 fully saturated rings. The molecule has 2 aromatic carbocycles. The highest BCUT2D eigenvalue weighted by atomic mass is 35.5. The second-order valence-electron chi connectivity index (χ2n) is 16.3. The Morgan fingerprint density at radius 2 is 1.03 bits per heavy atom. The number of nitrogen functional groups attached to an aromatic ring is 2. The van der Waals surface area contributed by atoms with E-state index in [-0.39, 0.29) is 33.9 Å². The SMILES string of the molecule is CC(=O)Cl.CC(=O)NCCn1cc(-c2nc(C3(c4ccc(-c5cnc(N)nc5)cc4)CCC3)no2)cn1.NCCn1cc(-c2nc(C3(c4ccc(-c5cnc(N)nc5)cc4)CCC3)no2)cn1. The van der Waals surface area contributed by atoms with E-state index >= 15 is 0 Å². The topological polar surface area (TPSA) is 289 Å². The van der Waals surface area contributed by atoms with E-state index in [1.165, 1.54) is 19.4 Å².